The van der Waals surface area contributed by atoms with Gasteiger partial charge in [-0.2, -0.15) is 0 Å². The molecule has 0 bridgehead atoms. The maximum absolute atomic E-state index is 11.3. The molecular formula is C13H15ClO5. The first kappa shape index (κ1) is 15.6. The SMILES string of the molecule is COC(=O)CC(O)C(O)c1ccc(C(=O)CCl)cc1. The lowest BCUT2D eigenvalue weighted by molar-refractivity contribution is -0.144. The molecule has 0 spiro atoms. The number of aliphatic hydroxyl groups excluding tert-OH is 2. The quantitative estimate of drug-likeness (QED) is 0.464. The molecule has 1 aromatic carbocycles. The van der Waals surface area contributed by atoms with Gasteiger partial charge in [-0.15, -0.1) is 11.6 Å². The topological polar surface area (TPSA) is 83.8 Å². The summed E-state index contributed by atoms with van der Waals surface area (Å²) in [5, 5.41) is 19.5. The standard InChI is InChI=1S/C13H15ClO5/c1-19-12(17)6-10(15)13(18)9-4-2-8(3-5-9)11(16)7-14/h2-5,10,13,15,18H,6-7H2,1H3. The summed E-state index contributed by atoms with van der Waals surface area (Å²) in [6, 6.07) is 6.03. The molecule has 0 aliphatic carbocycles. The van der Waals surface area contributed by atoms with Gasteiger partial charge in [0.2, 0.25) is 0 Å². The maximum Gasteiger partial charge on any atom is 0.308 e. The van der Waals surface area contributed by atoms with E-state index in [4.69, 9.17) is 11.6 Å². The van der Waals surface area contributed by atoms with Crippen LogP contribution in [0.5, 0.6) is 0 Å². The number of methoxy groups -OCH3 is 1. The van der Waals surface area contributed by atoms with E-state index in [1.54, 1.807) is 0 Å². The van der Waals surface area contributed by atoms with Gasteiger partial charge in [0.25, 0.3) is 0 Å². The number of carbonyl (C=O) groups is 2. The van der Waals surface area contributed by atoms with Crippen LogP contribution in [0.2, 0.25) is 0 Å². The van der Waals surface area contributed by atoms with Crippen molar-refractivity contribution in [2.75, 3.05) is 13.0 Å². The Bertz CT molecular complexity index is 443. The average molecular weight is 287 g/mol. The minimum atomic E-state index is -1.26. The van der Waals surface area contributed by atoms with E-state index in [1.165, 1.54) is 31.4 Å². The van der Waals surface area contributed by atoms with Crippen LogP contribution in [0, 0.1) is 0 Å². The first-order valence-electron chi connectivity index (χ1n) is 5.61. The summed E-state index contributed by atoms with van der Waals surface area (Å²) in [7, 11) is 1.20. The van der Waals surface area contributed by atoms with E-state index in [0.29, 0.717) is 11.1 Å². The van der Waals surface area contributed by atoms with Gasteiger partial charge >= 0.3 is 5.97 Å². The number of hydrogen-bond donors (Lipinski definition) is 2. The molecule has 0 radical (unpaired) electrons. The molecule has 0 fully saturated rings. The molecule has 19 heavy (non-hydrogen) atoms. The summed E-state index contributed by atoms with van der Waals surface area (Å²) in [6.07, 6.45) is -2.79. The molecule has 0 aliphatic heterocycles. The second-order valence-electron chi connectivity index (χ2n) is 3.97. The second kappa shape index (κ2) is 7.23. The van der Waals surface area contributed by atoms with Crippen LogP contribution in [-0.2, 0) is 9.53 Å². The average Bonchev–Trinajstić information content (AvgIpc) is 2.45. The molecule has 0 saturated heterocycles. The maximum atomic E-state index is 11.3. The predicted molar refractivity (Wildman–Crippen MR) is 69.1 cm³/mol. The minimum absolute atomic E-state index is 0.118. The van der Waals surface area contributed by atoms with Gasteiger partial charge in [-0.05, 0) is 5.56 Å². The van der Waals surface area contributed by atoms with E-state index < -0.39 is 18.2 Å². The van der Waals surface area contributed by atoms with Crippen molar-refractivity contribution in [3.8, 4) is 0 Å². The molecule has 2 N–H and O–H groups in total. The summed E-state index contributed by atoms with van der Waals surface area (Å²) < 4.78 is 4.40. The minimum Gasteiger partial charge on any atom is -0.469 e. The fourth-order valence-electron chi connectivity index (χ4n) is 1.53. The number of aliphatic hydroxyl groups is 2. The summed E-state index contributed by atoms with van der Waals surface area (Å²) >= 11 is 5.42. The van der Waals surface area contributed by atoms with Crippen LogP contribution in [0.1, 0.15) is 28.4 Å². The highest BCUT2D eigenvalue weighted by molar-refractivity contribution is 6.30. The van der Waals surface area contributed by atoms with Crippen molar-refractivity contribution in [1.82, 2.24) is 0 Å². The third kappa shape index (κ3) is 4.31. The van der Waals surface area contributed by atoms with Gasteiger partial charge in [-0.3, -0.25) is 9.59 Å². The third-order valence-electron chi connectivity index (χ3n) is 2.66. The zero-order chi connectivity index (χ0) is 14.4. The van der Waals surface area contributed by atoms with Gasteiger partial charge in [-0.25, -0.2) is 0 Å². The van der Waals surface area contributed by atoms with Gasteiger partial charge in [0.15, 0.2) is 5.78 Å². The molecule has 1 rings (SSSR count). The molecule has 0 amide bonds. The Hall–Kier alpha value is -1.43. The summed E-state index contributed by atoms with van der Waals surface area (Å²) in [5.41, 5.74) is 0.830. The van der Waals surface area contributed by atoms with Crippen molar-refractivity contribution < 1.29 is 24.5 Å². The highest BCUT2D eigenvalue weighted by Gasteiger charge is 2.21. The number of ether oxygens (including phenoxy) is 1. The Labute approximate surface area is 115 Å². The Morgan fingerprint density at radius 3 is 2.32 bits per heavy atom. The Morgan fingerprint density at radius 1 is 1.26 bits per heavy atom. The molecular weight excluding hydrogens is 272 g/mol. The van der Waals surface area contributed by atoms with Gasteiger partial charge < -0.3 is 14.9 Å². The molecule has 5 nitrogen and oxygen atoms in total. The van der Waals surface area contributed by atoms with Crippen molar-refractivity contribution in [2.45, 2.75) is 18.6 Å². The molecule has 1 aromatic rings. The molecule has 104 valence electrons. The molecule has 6 heteroatoms. The number of benzene rings is 1. The van der Waals surface area contributed by atoms with E-state index in [-0.39, 0.29) is 18.1 Å². The Balaban J connectivity index is 2.74. The number of esters is 1. The molecule has 2 unspecified atom stereocenters. The zero-order valence-electron chi connectivity index (χ0n) is 10.4. The van der Waals surface area contributed by atoms with E-state index in [2.05, 4.69) is 4.74 Å². The zero-order valence-corrected chi connectivity index (χ0v) is 11.1. The fraction of sp³-hybridized carbons (Fsp3) is 0.385. The lowest BCUT2D eigenvalue weighted by Gasteiger charge is -2.17. The number of ketones is 1. The van der Waals surface area contributed by atoms with Gasteiger partial charge in [0.05, 0.1) is 25.5 Å². The predicted octanol–water partition coefficient (Wildman–Crippen LogP) is 1.07. The Kier molecular flexibility index (Phi) is 5.95. The molecule has 0 saturated carbocycles. The van der Waals surface area contributed by atoms with Crippen LogP contribution < -0.4 is 0 Å². The smallest absolute Gasteiger partial charge is 0.308 e. The fourth-order valence-corrected chi connectivity index (χ4v) is 1.69. The molecule has 0 aliphatic rings. The van der Waals surface area contributed by atoms with Crippen molar-refractivity contribution in [3.63, 3.8) is 0 Å². The highest BCUT2D eigenvalue weighted by atomic mass is 35.5. The second-order valence-corrected chi connectivity index (χ2v) is 4.24. The van der Waals surface area contributed by atoms with Gasteiger partial charge in [-0.1, -0.05) is 24.3 Å². The van der Waals surface area contributed by atoms with Crippen LogP contribution in [0.4, 0.5) is 0 Å². The lowest BCUT2D eigenvalue weighted by Crippen LogP contribution is -2.22. The number of hydrogen-bond acceptors (Lipinski definition) is 5. The van der Waals surface area contributed by atoms with Crippen molar-refractivity contribution >= 4 is 23.4 Å². The van der Waals surface area contributed by atoms with Crippen molar-refractivity contribution in [2.24, 2.45) is 0 Å². The largest absolute Gasteiger partial charge is 0.469 e. The van der Waals surface area contributed by atoms with E-state index in [1.807, 2.05) is 0 Å². The summed E-state index contributed by atoms with van der Waals surface area (Å²) in [4.78, 5) is 22.3. The number of carbonyl (C=O) groups excluding carboxylic acids is 2. The first-order valence-corrected chi connectivity index (χ1v) is 6.15. The van der Waals surface area contributed by atoms with Crippen molar-refractivity contribution in [3.05, 3.63) is 35.4 Å². The number of rotatable bonds is 6. The van der Waals surface area contributed by atoms with Crippen LogP contribution in [0.15, 0.2) is 24.3 Å². The molecule has 2 atom stereocenters. The number of alkyl halides is 1. The van der Waals surface area contributed by atoms with E-state index in [9.17, 15) is 19.8 Å². The third-order valence-corrected chi connectivity index (χ3v) is 2.91. The lowest BCUT2D eigenvalue weighted by atomic mass is 10.00. The van der Waals surface area contributed by atoms with E-state index >= 15 is 0 Å². The monoisotopic (exact) mass is 286 g/mol. The summed E-state index contributed by atoms with van der Waals surface area (Å²) in [6.45, 7) is 0. The molecule has 0 heterocycles. The first-order chi connectivity index (χ1) is 8.99. The van der Waals surface area contributed by atoms with Crippen molar-refractivity contribution in [1.29, 1.82) is 0 Å². The number of Topliss-reactive ketones (excluding diaryl/α,β-unsaturated/α-hetero) is 1. The Morgan fingerprint density at radius 2 is 1.84 bits per heavy atom. The summed E-state index contributed by atoms with van der Waals surface area (Å²) in [5.74, 6) is -0.953. The van der Waals surface area contributed by atoms with Crippen LogP contribution in [0.25, 0.3) is 0 Å². The molecule has 0 aromatic heterocycles. The van der Waals surface area contributed by atoms with Crippen LogP contribution in [0.3, 0.4) is 0 Å². The van der Waals surface area contributed by atoms with E-state index in [0.717, 1.165) is 0 Å². The number of halogens is 1. The van der Waals surface area contributed by atoms with Gasteiger partial charge in [0.1, 0.15) is 6.10 Å². The normalized spacial score (nSPS) is 13.7. The van der Waals surface area contributed by atoms with Crippen LogP contribution in [-0.4, -0.2) is 41.1 Å². The van der Waals surface area contributed by atoms with Gasteiger partial charge in [0, 0.05) is 5.56 Å². The van der Waals surface area contributed by atoms with Crippen LogP contribution >= 0.6 is 11.6 Å². The highest BCUT2D eigenvalue weighted by Crippen LogP contribution is 2.20.